The van der Waals surface area contributed by atoms with Crippen molar-refractivity contribution in [2.24, 2.45) is 0 Å². The van der Waals surface area contributed by atoms with Gasteiger partial charge in [-0.15, -0.1) is 24.8 Å². The minimum atomic E-state index is 0. The van der Waals surface area contributed by atoms with Crippen molar-refractivity contribution in [3.63, 3.8) is 0 Å². The number of halogens is 2. The number of aromatic amines is 1. The summed E-state index contributed by atoms with van der Waals surface area (Å²) in [7, 11) is 2.04. The van der Waals surface area contributed by atoms with Gasteiger partial charge in [0.1, 0.15) is 0 Å². The molecule has 1 aromatic heterocycles. The fourth-order valence-electron chi connectivity index (χ4n) is 2.93. The molecule has 1 fully saturated rings. The number of carbonyl (C=O) groups is 1. The summed E-state index contributed by atoms with van der Waals surface area (Å²) in [6.45, 7) is 7.26. The quantitative estimate of drug-likeness (QED) is 0.708. The maximum atomic E-state index is 12.0. The van der Waals surface area contributed by atoms with Crippen molar-refractivity contribution in [2.45, 2.75) is 39.2 Å². The Morgan fingerprint density at radius 3 is 2.52 bits per heavy atom. The highest BCUT2D eigenvalue weighted by Crippen LogP contribution is 2.10. The molecular formula is C15H29Cl2N5O. The number of hydrogen-bond donors (Lipinski definition) is 3. The van der Waals surface area contributed by atoms with Crippen molar-refractivity contribution in [1.29, 1.82) is 0 Å². The van der Waals surface area contributed by atoms with Crippen LogP contribution in [-0.2, 0) is 11.2 Å². The zero-order valence-electron chi connectivity index (χ0n) is 14.1. The van der Waals surface area contributed by atoms with E-state index in [-0.39, 0.29) is 30.7 Å². The van der Waals surface area contributed by atoms with Crippen LogP contribution >= 0.6 is 24.8 Å². The fraction of sp³-hybridized carbons (Fsp3) is 0.733. The molecule has 3 N–H and O–H groups in total. The molecule has 6 nitrogen and oxygen atoms in total. The van der Waals surface area contributed by atoms with Gasteiger partial charge in [-0.25, -0.2) is 0 Å². The number of H-pyrrole nitrogens is 1. The molecule has 0 bridgehead atoms. The molecule has 0 aliphatic carbocycles. The van der Waals surface area contributed by atoms with Gasteiger partial charge in [-0.2, -0.15) is 5.10 Å². The van der Waals surface area contributed by atoms with Gasteiger partial charge in [0.25, 0.3) is 0 Å². The lowest BCUT2D eigenvalue weighted by Crippen LogP contribution is -2.45. The lowest BCUT2D eigenvalue weighted by atomic mass is 10.1. The van der Waals surface area contributed by atoms with Gasteiger partial charge in [0, 0.05) is 18.3 Å². The standard InChI is InChI=1S/C15H27N5O.2ClH/c1-11-14(12(2)19-18-11)6-9-17-15(21)10-20(3)13-4-7-16-8-5-13;;/h13,16H,4-10H2,1-3H3,(H,17,21)(H,18,19);2*1H. The summed E-state index contributed by atoms with van der Waals surface area (Å²) in [5, 5.41) is 13.5. The second-order valence-corrected chi connectivity index (χ2v) is 5.91. The molecule has 0 unspecified atom stereocenters. The molecule has 23 heavy (non-hydrogen) atoms. The van der Waals surface area contributed by atoms with Crippen LogP contribution in [0.1, 0.15) is 29.8 Å². The highest BCUT2D eigenvalue weighted by molar-refractivity contribution is 5.85. The summed E-state index contributed by atoms with van der Waals surface area (Å²) in [6, 6.07) is 0.523. The third-order valence-electron chi connectivity index (χ3n) is 4.30. The third-order valence-corrected chi connectivity index (χ3v) is 4.30. The molecule has 0 aromatic carbocycles. The van der Waals surface area contributed by atoms with Gasteiger partial charge in [0.05, 0.1) is 12.2 Å². The topological polar surface area (TPSA) is 73.0 Å². The Morgan fingerprint density at radius 1 is 1.30 bits per heavy atom. The van der Waals surface area contributed by atoms with Crippen LogP contribution in [0.25, 0.3) is 0 Å². The van der Waals surface area contributed by atoms with Gasteiger partial charge < -0.3 is 10.6 Å². The Hall–Kier alpha value is -0.820. The highest BCUT2D eigenvalue weighted by Gasteiger charge is 2.19. The van der Waals surface area contributed by atoms with Gasteiger partial charge in [-0.1, -0.05) is 0 Å². The van der Waals surface area contributed by atoms with E-state index in [0.29, 0.717) is 19.1 Å². The van der Waals surface area contributed by atoms with E-state index in [0.717, 1.165) is 43.7 Å². The first-order valence-electron chi connectivity index (χ1n) is 7.76. The summed E-state index contributed by atoms with van der Waals surface area (Å²) in [6.07, 6.45) is 3.07. The van der Waals surface area contributed by atoms with Crippen LogP contribution < -0.4 is 10.6 Å². The molecule has 2 heterocycles. The summed E-state index contributed by atoms with van der Waals surface area (Å²) < 4.78 is 0. The molecule has 1 aliphatic heterocycles. The van der Waals surface area contributed by atoms with E-state index in [1.165, 1.54) is 5.56 Å². The Labute approximate surface area is 151 Å². The van der Waals surface area contributed by atoms with Gasteiger partial charge >= 0.3 is 0 Å². The minimum Gasteiger partial charge on any atom is -0.355 e. The Bertz CT molecular complexity index is 455. The average Bonchev–Trinajstić information content (AvgIpc) is 2.80. The summed E-state index contributed by atoms with van der Waals surface area (Å²) in [5.41, 5.74) is 3.32. The van der Waals surface area contributed by atoms with E-state index in [1.807, 2.05) is 20.9 Å². The highest BCUT2D eigenvalue weighted by atomic mass is 35.5. The lowest BCUT2D eigenvalue weighted by molar-refractivity contribution is -0.122. The largest absolute Gasteiger partial charge is 0.355 e. The van der Waals surface area contributed by atoms with Crippen LogP contribution in [0.3, 0.4) is 0 Å². The predicted molar refractivity (Wildman–Crippen MR) is 97.8 cm³/mol. The number of rotatable bonds is 6. The summed E-state index contributed by atoms with van der Waals surface area (Å²) >= 11 is 0. The summed E-state index contributed by atoms with van der Waals surface area (Å²) in [5.74, 6) is 0.106. The normalized spacial score (nSPS) is 15.0. The summed E-state index contributed by atoms with van der Waals surface area (Å²) in [4.78, 5) is 14.2. The van der Waals surface area contributed by atoms with E-state index in [1.54, 1.807) is 0 Å². The maximum Gasteiger partial charge on any atom is 0.234 e. The second-order valence-electron chi connectivity index (χ2n) is 5.91. The van der Waals surface area contributed by atoms with Crippen molar-refractivity contribution in [2.75, 3.05) is 33.2 Å². The van der Waals surface area contributed by atoms with Gasteiger partial charge in [0.15, 0.2) is 0 Å². The number of aryl methyl sites for hydroxylation is 2. The van der Waals surface area contributed by atoms with E-state index >= 15 is 0 Å². The van der Waals surface area contributed by atoms with Crippen LogP contribution in [0.2, 0.25) is 0 Å². The van der Waals surface area contributed by atoms with Crippen molar-refractivity contribution >= 4 is 30.7 Å². The average molecular weight is 366 g/mol. The number of aromatic nitrogens is 2. The van der Waals surface area contributed by atoms with Crippen LogP contribution in [0.15, 0.2) is 0 Å². The van der Waals surface area contributed by atoms with Crippen molar-refractivity contribution in [3.05, 3.63) is 17.0 Å². The van der Waals surface area contributed by atoms with E-state index in [2.05, 4.69) is 25.7 Å². The molecule has 1 aromatic rings. The molecule has 0 saturated carbocycles. The Morgan fingerprint density at radius 2 is 1.96 bits per heavy atom. The monoisotopic (exact) mass is 365 g/mol. The molecule has 134 valence electrons. The molecule has 1 saturated heterocycles. The maximum absolute atomic E-state index is 12.0. The third kappa shape index (κ3) is 6.67. The van der Waals surface area contributed by atoms with Crippen LogP contribution in [0.4, 0.5) is 0 Å². The molecule has 1 aliphatic rings. The lowest BCUT2D eigenvalue weighted by Gasteiger charge is -2.31. The zero-order chi connectivity index (χ0) is 15.2. The minimum absolute atomic E-state index is 0. The number of nitrogens with zero attached hydrogens (tertiary/aromatic N) is 2. The molecule has 0 atom stereocenters. The van der Waals surface area contributed by atoms with Crippen molar-refractivity contribution < 1.29 is 4.79 Å². The molecule has 0 spiro atoms. The van der Waals surface area contributed by atoms with Crippen molar-refractivity contribution in [3.8, 4) is 0 Å². The first-order chi connectivity index (χ1) is 10.1. The van der Waals surface area contributed by atoms with Gasteiger partial charge in [-0.05, 0) is 58.8 Å². The van der Waals surface area contributed by atoms with Crippen LogP contribution in [-0.4, -0.2) is 60.3 Å². The number of carbonyl (C=O) groups excluding carboxylic acids is 1. The first-order valence-corrected chi connectivity index (χ1v) is 7.76. The van der Waals surface area contributed by atoms with Gasteiger partial charge in [0.2, 0.25) is 5.91 Å². The van der Waals surface area contributed by atoms with E-state index in [4.69, 9.17) is 0 Å². The van der Waals surface area contributed by atoms with Crippen LogP contribution in [0.5, 0.6) is 0 Å². The number of likely N-dealkylation sites (N-methyl/N-ethyl adjacent to an activating group) is 1. The Kier molecular flexibility index (Phi) is 10.5. The Balaban J connectivity index is 0.00000242. The number of piperidine rings is 1. The molecule has 8 heteroatoms. The van der Waals surface area contributed by atoms with E-state index < -0.39 is 0 Å². The van der Waals surface area contributed by atoms with Gasteiger partial charge in [-0.3, -0.25) is 14.8 Å². The molecule has 1 amide bonds. The van der Waals surface area contributed by atoms with E-state index in [9.17, 15) is 4.79 Å². The number of hydrogen-bond acceptors (Lipinski definition) is 4. The predicted octanol–water partition coefficient (Wildman–Crippen LogP) is 1.21. The first kappa shape index (κ1) is 22.2. The SMILES string of the molecule is Cc1n[nH]c(C)c1CCNC(=O)CN(C)C1CCNCC1.Cl.Cl. The molecular weight excluding hydrogens is 337 g/mol. The number of nitrogens with one attached hydrogen (secondary N) is 3. The zero-order valence-corrected chi connectivity index (χ0v) is 15.8. The molecule has 0 radical (unpaired) electrons. The molecule has 2 rings (SSSR count). The smallest absolute Gasteiger partial charge is 0.234 e. The number of amides is 1. The second kappa shape index (κ2) is 10.9. The van der Waals surface area contributed by atoms with Crippen LogP contribution in [0, 0.1) is 13.8 Å². The fourth-order valence-corrected chi connectivity index (χ4v) is 2.93. The van der Waals surface area contributed by atoms with Crippen molar-refractivity contribution in [1.82, 2.24) is 25.7 Å².